The van der Waals surface area contributed by atoms with E-state index in [9.17, 15) is 9.90 Å². The molecule has 0 fully saturated rings. The molecule has 72 valence electrons. The van der Waals surface area contributed by atoms with Gasteiger partial charge in [-0.2, -0.15) is 0 Å². The number of fused-ring (bicyclic) bond motifs is 1. The monoisotopic (exact) mass is 196 g/mol. The van der Waals surface area contributed by atoms with E-state index in [2.05, 4.69) is 4.98 Å². The first kappa shape index (κ1) is 11.8. The van der Waals surface area contributed by atoms with Crippen LogP contribution in [0.25, 0.3) is 11.0 Å². The minimum Gasteiger partial charge on any atom is -0.550 e. The molecule has 1 aromatic carbocycles. The van der Waals surface area contributed by atoms with Crippen molar-refractivity contribution in [2.75, 3.05) is 0 Å². The average Bonchev–Trinajstić information content (AvgIpc) is 2.44. The van der Waals surface area contributed by atoms with Crippen LogP contribution in [0.15, 0.2) is 24.3 Å². The van der Waals surface area contributed by atoms with E-state index in [0.29, 0.717) is 5.82 Å². The fraction of sp³-hybridized carbons (Fsp3) is 0.200. The molecule has 2 aromatic rings. The van der Waals surface area contributed by atoms with Gasteiger partial charge in [0.1, 0.15) is 5.82 Å². The standard InChI is InChI=1S/C10H10N2O2.Li/c1-12-8-5-3-2-4-7(8)11-9(12)6-10(13)14;/h2-5H,6H2,1H3,(H,13,14);/q;+1/p-1. The number of aliphatic carboxylic acids is 1. The number of nitrogens with zero attached hydrogens (tertiary/aromatic N) is 2. The molecule has 2 rings (SSSR count). The Morgan fingerprint density at radius 3 is 2.73 bits per heavy atom. The van der Waals surface area contributed by atoms with Gasteiger partial charge >= 0.3 is 18.9 Å². The number of carbonyl (C=O) groups excluding carboxylic acids is 1. The van der Waals surface area contributed by atoms with Crippen LogP contribution in [0, 0.1) is 0 Å². The molecule has 0 radical (unpaired) electrons. The Labute approximate surface area is 99.1 Å². The Hall–Kier alpha value is -1.24. The first-order valence-corrected chi connectivity index (χ1v) is 4.28. The minimum atomic E-state index is -1.11. The number of carbonyl (C=O) groups is 1. The van der Waals surface area contributed by atoms with E-state index in [1.807, 2.05) is 24.3 Å². The van der Waals surface area contributed by atoms with Crippen LogP contribution >= 0.6 is 0 Å². The maximum absolute atomic E-state index is 10.4. The summed E-state index contributed by atoms with van der Waals surface area (Å²) in [6.07, 6.45) is -0.148. The summed E-state index contributed by atoms with van der Waals surface area (Å²) in [6.45, 7) is 0. The van der Waals surface area contributed by atoms with Gasteiger partial charge in [0.05, 0.1) is 11.0 Å². The number of para-hydroxylation sites is 2. The van der Waals surface area contributed by atoms with Crippen molar-refractivity contribution < 1.29 is 28.8 Å². The molecule has 0 atom stereocenters. The minimum absolute atomic E-state index is 0. The second kappa shape index (κ2) is 4.52. The number of benzene rings is 1. The molecule has 1 aromatic heterocycles. The number of aryl methyl sites for hydroxylation is 1. The van der Waals surface area contributed by atoms with Gasteiger partial charge in [0.2, 0.25) is 0 Å². The predicted molar refractivity (Wildman–Crippen MR) is 49.4 cm³/mol. The third-order valence-corrected chi connectivity index (χ3v) is 2.18. The third kappa shape index (κ3) is 2.23. The van der Waals surface area contributed by atoms with Gasteiger partial charge in [0.15, 0.2) is 0 Å². The average molecular weight is 196 g/mol. The summed E-state index contributed by atoms with van der Waals surface area (Å²) in [4.78, 5) is 14.6. The number of hydrogen-bond acceptors (Lipinski definition) is 3. The van der Waals surface area contributed by atoms with Crippen LogP contribution in [0.5, 0.6) is 0 Å². The van der Waals surface area contributed by atoms with E-state index in [-0.39, 0.29) is 25.3 Å². The SMILES string of the molecule is Cn1c(CC(=O)[O-])nc2ccccc21.[Li+]. The van der Waals surface area contributed by atoms with Gasteiger partial charge in [-0.15, -0.1) is 0 Å². The second-order valence-corrected chi connectivity index (χ2v) is 3.12. The molecular weight excluding hydrogens is 187 g/mol. The van der Waals surface area contributed by atoms with Crippen LogP contribution in [0.4, 0.5) is 0 Å². The first-order chi connectivity index (χ1) is 6.68. The zero-order valence-corrected chi connectivity index (χ0v) is 8.73. The van der Waals surface area contributed by atoms with Crippen molar-refractivity contribution in [3.05, 3.63) is 30.1 Å². The number of imidazole rings is 1. The molecule has 0 saturated carbocycles. The number of carboxylic acid groups (broad SMARTS) is 1. The maximum atomic E-state index is 10.4. The number of aromatic nitrogens is 2. The zero-order valence-electron chi connectivity index (χ0n) is 8.73. The molecule has 0 spiro atoms. The van der Waals surface area contributed by atoms with Crippen LogP contribution in [0.1, 0.15) is 5.82 Å². The van der Waals surface area contributed by atoms with Crippen LogP contribution in [0.3, 0.4) is 0 Å². The molecule has 15 heavy (non-hydrogen) atoms. The summed E-state index contributed by atoms with van der Waals surface area (Å²) in [6, 6.07) is 7.53. The Bertz CT molecular complexity index is 493. The van der Waals surface area contributed by atoms with Crippen molar-refractivity contribution in [2.24, 2.45) is 7.05 Å². The Kier molecular flexibility index (Phi) is 3.56. The van der Waals surface area contributed by atoms with Gasteiger partial charge in [0, 0.05) is 19.4 Å². The molecule has 4 nitrogen and oxygen atoms in total. The summed E-state index contributed by atoms with van der Waals surface area (Å²) in [5.74, 6) is -0.588. The Balaban J connectivity index is 0.00000112. The van der Waals surface area contributed by atoms with Crippen LogP contribution in [-0.4, -0.2) is 15.5 Å². The summed E-state index contributed by atoms with van der Waals surface area (Å²) in [5, 5.41) is 10.4. The van der Waals surface area contributed by atoms with Gasteiger partial charge in [-0.25, -0.2) is 4.98 Å². The smallest absolute Gasteiger partial charge is 0.550 e. The maximum Gasteiger partial charge on any atom is 1.00 e. The topological polar surface area (TPSA) is 58.0 Å². The van der Waals surface area contributed by atoms with Crippen molar-refractivity contribution in [1.82, 2.24) is 9.55 Å². The molecule has 0 aliphatic rings. The van der Waals surface area contributed by atoms with E-state index in [4.69, 9.17) is 0 Å². The molecule has 0 aliphatic heterocycles. The van der Waals surface area contributed by atoms with Gasteiger partial charge in [0.25, 0.3) is 0 Å². The van der Waals surface area contributed by atoms with Crippen molar-refractivity contribution >= 4 is 17.0 Å². The fourth-order valence-corrected chi connectivity index (χ4v) is 1.48. The van der Waals surface area contributed by atoms with Crippen molar-refractivity contribution in [3.8, 4) is 0 Å². The Morgan fingerprint density at radius 1 is 1.47 bits per heavy atom. The quantitative estimate of drug-likeness (QED) is 0.477. The number of hydrogen-bond donors (Lipinski definition) is 0. The van der Waals surface area contributed by atoms with Crippen LogP contribution in [-0.2, 0) is 18.3 Å². The molecule has 0 aliphatic carbocycles. The molecule has 5 heteroatoms. The van der Waals surface area contributed by atoms with Crippen molar-refractivity contribution in [2.45, 2.75) is 6.42 Å². The van der Waals surface area contributed by atoms with E-state index in [1.165, 1.54) is 0 Å². The molecule has 0 saturated heterocycles. The normalized spacial score (nSPS) is 9.93. The molecule has 0 bridgehead atoms. The van der Waals surface area contributed by atoms with Crippen molar-refractivity contribution in [3.63, 3.8) is 0 Å². The molecule has 0 unspecified atom stereocenters. The van der Waals surface area contributed by atoms with Crippen LogP contribution < -0.4 is 24.0 Å². The molecular formula is C10H9LiN2O2. The molecule has 0 N–H and O–H groups in total. The van der Waals surface area contributed by atoms with E-state index < -0.39 is 5.97 Å². The number of rotatable bonds is 2. The Morgan fingerprint density at radius 2 is 2.13 bits per heavy atom. The summed E-state index contributed by atoms with van der Waals surface area (Å²) >= 11 is 0. The largest absolute Gasteiger partial charge is 1.00 e. The fourth-order valence-electron chi connectivity index (χ4n) is 1.48. The van der Waals surface area contributed by atoms with E-state index in [0.717, 1.165) is 11.0 Å². The summed E-state index contributed by atoms with van der Waals surface area (Å²) in [7, 11) is 1.80. The summed E-state index contributed by atoms with van der Waals surface area (Å²) in [5.41, 5.74) is 1.75. The predicted octanol–water partition coefficient (Wildman–Crippen LogP) is -3.13. The summed E-state index contributed by atoms with van der Waals surface area (Å²) < 4.78 is 1.77. The molecule has 1 heterocycles. The van der Waals surface area contributed by atoms with Crippen molar-refractivity contribution in [1.29, 1.82) is 0 Å². The van der Waals surface area contributed by atoms with Gasteiger partial charge in [-0.05, 0) is 12.1 Å². The van der Waals surface area contributed by atoms with E-state index >= 15 is 0 Å². The van der Waals surface area contributed by atoms with E-state index in [1.54, 1.807) is 11.6 Å². The number of carboxylic acids is 1. The third-order valence-electron chi connectivity index (χ3n) is 2.18. The second-order valence-electron chi connectivity index (χ2n) is 3.12. The van der Waals surface area contributed by atoms with Crippen LogP contribution in [0.2, 0.25) is 0 Å². The first-order valence-electron chi connectivity index (χ1n) is 4.28. The van der Waals surface area contributed by atoms with Gasteiger partial charge in [-0.3, -0.25) is 0 Å². The molecule has 0 amide bonds. The van der Waals surface area contributed by atoms with Gasteiger partial charge < -0.3 is 14.5 Å². The zero-order chi connectivity index (χ0) is 10.1. The van der Waals surface area contributed by atoms with Gasteiger partial charge in [-0.1, -0.05) is 12.1 Å².